The Kier molecular flexibility index (Phi) is 5.17. The number of carboxylic acid groups (broad SMARTS) is 1. The summed E-state index contributed by atoms with van der Waals surface area (Å²) < 4.78 is 0. The molecule has 1 heterocycles. The number of carboxylic acids is 1. The lowest BCUT2D eigenvalue weighted by molar-refractivity contribution is -0.131. The summed E-state index contributed by atoms with van der Waals surface area (Å²) in [5.41, 5.74) is 0.928. The molecule has 1 fully saturated rings. The van der Waals surface area contributed by atoms with Crippen LogP contribution in [0, 0.1) is 18.8 Å². The van der Waals surface area contributed by atoms with Crippen molar-refractivity contribution in [3.05, 3.63) is 27.5 Å². The molecule has 114 valence electrons. The Morgan fingerprint density at radius 2 is 2.24 bits per heavy atom. The minimum absolute atomic E-state index is 0.0582. The fourth-order valence-electron chi connectivity index (χ4n) is 2.76. The van der Waals surface area contributed by atoms with E-state index in [0.717, 1.165) is 23.1 Å². The van der Waals surface area contributed by atoms with Gasteiger partial charge in [-0.1, -0.05) is 19.8 Å². The Balaban J connectivity index is 1.96. The number of nitrogens with one attached hydrogen (secondary N) is 1. The van der Waals surface area contributed by atoms with Crippen molar-refractivity contribution in [3.8, 4) is 0 Å². The average molecular weight is 307 g/mol. The molecule has 1 aliphatic carbocycles. The molecule has 0 aromatic carbocycles. The zero-order valence-electron chi connectivity index (χ0n) is 12.4. The third-order valence-electron chi connectivity index (χ3n) is 4.12. The summed E-state index contributed by atoms with van der Waals surface area (Å²) >= 11 is 1.33. The summed E-state index contributed by atoms with van der Waals surface area (Å²) in [7, 11) is 0. The minimum atomic E-state index is -0.982. The predicted octanol–water partition coefficient (Wildman–Crippen LogP) is 3.32. The molecule has 1 aromatic rings. The molecule has 2 unspecified atom stereocenters. The second-order valence-corrected chi connectivity index (χ2v) is 6.79. The normalized spacial score (nSPS) is 21.8. The van der Waals surface area contributed by atoms with Gasteiger partial charge in [0.1, 0.15) is 0 Å². The first kappa shape index (κ1) is 15.8. The van der Waals surface area contributed by atoms with Crippen molar-refractivity contribution in [2.75, 3.05) is 6.54 Å². The molecular weight excluding hydrogens is 286 g/mol. The van der Waals surface area contributed by atoms with Gasteiger partial charge < -0.3 is 10.4 Å². The molecule has 5 heteroatoms. The molecule has 0 bridgehead atoms. The molecule has 21 heavy (non-hydrogen) atoms. The number of carbonyl (C=O) groups is 2. The van der Waals surface area contributed by atoms with Gasteiger partial charge in [0.2, 0.25) is 0 Å². The van der Waals surface area contributed by atoms with Crippen molar-refractivity contribution >= 4 is 29.3 Å². The minimum Gasteiger partial charge on any atom is -0.478 e. The van der Waals surface area contributed by atoms with Gasteiger partial charge in [-0.25, -0.2) is 4.79 Å². The van der Waals surface area contributed by atoms with E-state index >= 15 is 0 Å². The fraction of sp³-hybridized carbons (Fsp3) is 0.500. The molecule has 0 spiro atoms. The number of aliphatic carboxylic acids is 1. The zero-order valence-corrected chi connectivity index (χ0v) is 13.2. The average Bonchev–Trinajstić information content (AvgIpc) is 3.00. The first-order chi connectivity index (χ1) is 9.97. The van der Waals surface area contributed by atoms with Gasteiger partial charge in [-0.2, -0.15) is 0 Å². The van der Waals surface area contributed by atoms with Gasteiger partial charge >= 0.3 is 5.97 Å². The number of aryl methyl sites for hydroxylation is 1. The number of amides is 1. The predicted molar refractivity (Wildman–Crippen MR) is 84.6 cm³/mol. The maximum Gasteiger partial charge on any atom is 0.328 e. The van der Waals surface area contributed by atoms with Crippen molar-refractivity contribution < 1.29 is 14.7 Å². The number of hydrogen-bond acceptors (Lipinski definition) is 3. The second-order valence-electron chi connectivity index (χ2n) is 5.71. The van der Waals surface area contributed by atoms with Gasteiger partial charge in [0.15, 0.2) is 0 Å². The van der Waals surface area contributed by atoms with Crippen LogP contribution in [0.1, 0.15) is 46.3 Å². The highest BCUT2D eigenvalue weighted by atomic mass is 32.1. The van der Waals surface area contributed by atoms with E-state index in [2.05, 4.69) is 12.2 Å². The molecule has 0 radical (unpaired) electrons. The Morgan fingerprint density at radius 1 is 1.48 bits per heavy atom. The van der Waals surface area contributed by atoms with Crippen LogP contribution in [0.25, 0.3) is 6.08 Å². The van der Waals surface area contributed by atoms with Crippen LogP contribution in [0.15, 0.2) is 12.1 Å². The highest BCUT2D eigenvalue weighted by Gasteiger charge is 2.24. The lowest BCUT2D eigenvalue weighted by Crippen LogP contribution is -2.29. The highest BCUT2D eigenvalue weighted by molar-refractivity contribution is 7.15. The van der Waals surface area contributed by atoms with E-state index in [1.165, 1.54) is 36.7 Å². The summed E-state index contributed by atoms with van der Waals surface area (Å²) in [6.07, 6.45) is 6.34. The van der Waals surface area contributed by atoms with Gasteiger partial charge in [-0.3, -0.25) is 4.79 Å². The number of carbonyl (C=O) groups excluding carboxylic acids is 1. The lowest BCUT2D eigenvalue weighted by atomic mass is 9.98. The van der Waals surface area contributed by atoms with E-state index in [-0.39, 0.29) is 5.91 Å². The van der Waals surface area contributed by atoms with Crippen LogP contribution in [-0.4, -0.2) is 23.5 Å². The lowest BCUT2D eigenvalue weighted by Gasteiger charge is -2.15. The Hall–Kier alpha value is -1.62. The quantitative estimate of drug-likeness (QED) is 0.820. The van der Waals surface area contributed by atoms with Gasteiger partial charge in [0.25, 0.3) is 5.91 Å². The fourth-order valence-corrected chi connectivity index (χ4v) is 3.75. The van der Waals surface area contributed by atoms with Crippen molar-refractivity contribution in [1.29, 1.82) is 0 Å². The Morgan fingerprint density at radius 3 is 2.86 bits per heavy atom. The molecule has 2 N–H and O–H groups in total. The van der Waals surface area contributed by atoms with Crippen LogP contribution < -0.4 is 5.32 Å². The van der Waals surface area contributed by atoms with Crippen molar-refractivity contribution in [2.45, 2.75) is 33.1 Å². The van der Waals surface area contributed by atoms with Crippen LogP contribution in [0.4, 0.5) is 0 Å². The maximum absolute atomic E-state index is 12.2. The molecular formula is C16H21NO3S. The molecule has 0 aliphatic heterocycles. The number of rotatable bonds is 5. The molecule has 1 aromatic heterocycles. The SMILES string of the molecule is Cc1cc(C(=O)NCC2CCCC2C)sc1/C=C/C(=O)O. The van der Waals surface area contributed by atoms with E-state index in [9.17, 15) is 9.59 Å². The first-order valence-electron chi connectivity index (χ1n) is 7.27. The van der Waals surface area contributed by atoms with Gasteiger partial charge in [-0.05, 0) is 42.9 Å². The highest BCUT2D eigenvalue weighted by Crippen LogP contribution is 2.30. The monoisotopic (exact) mass is 307 g/mol. The van der Waals surface area contributed by atoms with Gasteiger partial charge in [0, 0.05) is 17.5 Å². The third-order valence-corrected chi connectivity index (χ3v) is 5.32. The molecule has 0 saturated heterocycles. The van der Waals surface area contributed by atoms with Crippen molar-refractivity contribution in [2.24, 2.45) is 11.8 Å². The summed E-state index contributed by atoms with van der Waals surface area (Å²) in [6, 6.07) is 1.82. The first-order valence-corrected chi connectivity index (χ1v) is 8.08. The molecule has 1 amide bonds. The third kappa shape index (κ3) is 4.17. The molecule has 2 atom stereocenters. The van der Waals surface area contributed by atoms with Crippen LogP contribution >= 0.6 is 11.3 Å². The Bertz CT molecular complexity index is 562. The van der Waals surface area contributed by atoms with E-state index in [4.69, 9.17) is 5.11 Å². The van der Waals surface area contributed by atoms with Crippen molar-refractivity contribution in [1.82, 2.24) is 5.32 Å². The summed E-state index contributed by atoms with van der Waals surface area (Å²) in [5, 5.41) is 11.7. The maximum atomic E-state index is 12.2. The smallest absolute Gasteiger partial charge is 0.328 e. The van der Waals surface area contributed by atoms with Crippen LogP contribution in [0.5, 0.6) is 0 Å². The summed E-state index contributed by atoms with van der Waals surface area (Å²) in [6.45, 7) is 4.86. The number of hydrogen-bond donors (Lipinski definition) is 2. The van der Waals surface area contributed by atoms with Gasteiger partial charge in [-0.15, -0.1) is 11.3 Å². The van der Waals surface area contributed by atoms with E-state index in [1.807, 2.05) is 13.0 Å². The summed E-state index contributed by atoms with van der Waals surface area (Å²) in [5.74, 6) is 0.229. The van der Waals surface area contributed by atoms with Crippen LogP contribution in [0.2, 0.25) is 0 Å². The second kappa shape index (κ2) is 6.89. The van der Waals surface area contributed by atoms with Crippen LogP contribution in [-0.2, 0) is 4.79 Å². The molecule has 2 rings (SSSR count). The standard InChI is InChI=1S/C16H21NO3S/c1-10-4-3-5-12(10)9-17-16(20)14-8-11(2)13(21-14)6-7-15(18)19/h6-8,10,12H,3-5,9H2,1-2H3,(H,17,20)(H,18,19)/b7-6+. The van der Waals surface area contributed by atoms with E-state index in [0.29, 0.717) is 16.7 Å². The zero-order chi connectivity index (χ0) is 15.4. The Labute approximate surface area is 128 Å². The topological polar surface area (TPSA) is 66.4 Å². The van der Waals surface area contributed by atoms with Gasteiger partial charge in [0.05, 0.1) is 4.88 Å². The molecule has 4 nitrogen and oxygen atoms in total. The molecule has 1 aliphatic rings. The van der Waals surface area contributed by atoms with Crippen molar-refractivity contribution in [3.63, 3.8) is 0 Å². The number of thiophene rings is 1. The molecule has 1 saturated carbocycles. The summed E-state index contributed by atoms with van der Waals surface area (Å²) in [4.78, 5) is 24.2. The largest absolute Gasteiger partial charge is 0.478 e. The van der Waals surface area contributed by atoms with E-state index in [1.54, 1.807) is 0 Å². The van der Waals surface area contributed by atoms with Crippen LogP contribution in [0.3, 0.4) is 0 Å². The van der Waals surface area contributed by atoms with E-state index < -0.39 is 5.97 Å².